The molecular weight excluding hydrogens is 239 g/mol. The fourth-order valence-electron chi connectivity index (χ4n) is 1.36. The van der Waals surface area contributed by atoms with Crippen molar-refractivity contribution in [1.82, 2.24) is 0 Å². The second-order valence-electron chi connectivity index (χ2n) is 3.68. The second kappa shape index (κ2) is 4.60. The number of halogens is 3. The van der Waals surface area contributed by atoms with Crippen LogP contribution in [0.5, 0.6) is 5.75 Å². The zero-order valence-electron chi connectivity index (χ0n) is 9.12. The molecule has 0 unspecified atom stereocenters. The van der Waals surface area contributed by atoms with Crippen molar-refractivity contribution in [1.29, 1.82) is 0 Å². The summed E-state index contributed by atoms with van der Waals surface area (Å²) in [7, 11) is 0. The lowest BCUT2D eigenvalue weighted by atomic mass is 10.0. The summed E-state index contributed by atoms with van der Waals surface area (Å²) in [6.07, 6.45) is -4.80. The average molecular weight is 249 g/mol. The van der Waals surface area contributed by atoms with Crippen molar-refractivity contribution in [2.45, 2.75) is 26.1 Å². The van der Waals surface area contributed by atoms with Gasteiger partial charge in [-0.1, -0.05) is 13.8 Å². The molecule has 0 radical (unpaired) electrons. The van der Waals surface area contributed by atoms with Crippen molar-refractivity contribution in [3.05, 3.63) is 33.9 Å². The van der Waals surface area contributed by atoms with E-state index < -0.39 is 17.0 Å². The van der Waals surface area contributed by atoms with E-state index in [0.717, 1.165) is 18.2 Å². The van der Waals surface area contributed by atoms with E-state index in [0.29, 0.717) is 0 Å². The molecule has 0 aliphatic rings. The molecule has 0 heterocycles. The Morgan fingerprint density at radius 1 is 1.35 bits per heavy atom. The maximum Gasteiger partial charge on any atom is 0.573 e. The molecule has 0 atom stereocenters. The first-order valence-corrected chi connectivity index (χ1v) is 4.75. The van der Waals surface area contributed by atoms with Crippen molar-refractivity contribution in [3.8, 4) is 5.75 Å². The molecule has 1 aromatic rings. The largest absolute Gasteiger partial charge is 0.573 e. The number of alkyl halides is 3. The third-order valence-electron chi connectivity index (χ3n) is 2.05. The first kappa shape index (κ1) is 13.3. The number of rotatable bonds is 3. The van der Waals surface area contributed by atoms with E-state index in [1.165, 1.54) is 0 Å². The van der Waals surface area contributed by atoms with Crippen molar-refractivity contribution >= 4 is 5.69 Å². The van der Waals surface area contributed by atoms with Crippen molar-refractivity contribution in [2.24, 2.45) is 0 Å². The van der Waals surface area contributed by atoms with Crippen LogP contribution in [0.3, 0.4) is 0 Å². The summed E-state index contributed by atoms with van der Waals surface area (Å²) in [5, 5.41) is 10.7. The standard InChI is InChI=1S/C10H10F3NO3/c1-6(2)8-5-7(17-10(11,12)13)3-4-9(8)14(15)16/h3-6H,1-2H3. The minimum Gasteiger partial charge on any atom is -0.406 e. The number of hydrogen-bond acceptors (Lipinski definition) is 3. The Labute approximate surface area is 95.2 Å². The molecule has 7 heteroatoms. The predicted octanol–water partition coefficient (Wildman–Crippen LogP) is 3.62. The Balaban J connectivity index is 3.15. The van der Waals surface area contributed by atoms with Gasteiger partial charge >= 0.3 is 6.36 Å². The summed E-state index contributed by atoms with van der Waals surface area (Å²) in [6, 6.07) is 2.98. The first-order valence-electron chi connectivity index (χ1n) is 4.75. The Morgan fingerprint density at radius 2 is 1.94 bits per heavy atom. The van der Waals surface area contributed by atoms with E-state index in [4.69, 9.17) is 0 Å². The quantitative estimate of drug-likeness (QED) is 0.607. The van der Waals surface area contributed by atoms with Crippen LogP contribution in [0.4, 0.5) is 18.9 Å². The molecule has 17 heavy (non-hydrogen) atoms. The molecule has 0 amide bonds. The van der Waals surface area contributed by atoms with Gasteiger partial charge in [-0.2, -0.15) is 0 Å². The minimum absolute atomic E-state index is 0.205. The van der Waals surface area contributed by atoms with Gasteiger partial charge in [0.05, 0.1) is 4.92 Å². The lowest BCUT2D eigenvalue weighted by molar-refractivity contribution is -0.385. The highest BCUT2D eigenvalue weighted by Crippen LogP contribution is 2.32. The molecule has 0 aromatic heterocycles. The molecule has 1 rings (SSSR count). The van der Waals surface area contributed by atoms with Gasteiger partial charge in [0.25, 0.3) is 5.69 Å². The van der Waals surface area contributed by atoms with Crippen molar-refractivity contribution in [3.63, 3.8) is 0 Å². The van der Waals surface area contributed by atoms with Crippen LogP contribution in [0.1, 0.15) is 25.3 Å². The van der Waals surface area contributed by atoms with Crippen LogP contribution in [-0.4, -0.2) is 11.3 Å². The lowest BCUT2D eigenvalue weighted by Gasteiger charge is -2.11. The summed E-state index contributed by atoms with van der Waals surface area (Å²) < 4.78 is 39.6. The van der Waals surface area contributed by atoms with Crippen LogP contribution in [0.25, 0.3) is 0 Å². The third-order valence-corrected chi connectivity index (χ3v) is 2.05. The lowest BCUT2D eigenvalue weighted by Crippen LogP contribution is -2.17. The molecule has 0 N–H and O–H groups in total. The molecule has 0 aliphatic heterocycles. The van der Waals surface area contributed by atoms with Crippen LogP contribution < -0.4 is 4.74 Å². The van der Waals surface area contributed by atoms with Gasteiger partial charge in [0.2, 0.25) is 0 Å². The number of nitro groups is 1. The van der Waals surface area contributed by atoms with Crippen LogP contribution in [0, 0.1) is 10.1 Å². The highest BCUT2D eigenvalue weighted by molar-refractivity contribution is 5.46. The number of nitrogens with zero attached hydrogens (tertiary/aromatic N) is 1. The topological polar surface area (TPSA) is 52.4 Å². The molecular formula is C10H10F3NO3. The molecule has 0 fully saturated rings. The van der Waals surface area contributed by atoms with Crippen molar-refractivity contribution in [2.75, 3.05) is 0 Å². The SMILES string of the molecule is CC(C)c1cc(OC(F)(F)F)ccc1[N+](=O)[O-]. The first-order chi connectivity index (χ1) is 7.70. The number of nitro benzene ring substituents is 1. The fraction of sp³-hybridized carbons (Fsp3) is 0.400. The van der Waals surface area contributed by atoms with Gasteiger partial charge in [-0.15, -0.1) is 13.2 Å². The van der Waals surface area contributed by atoms with E-state index in [1.807, 2.05) is 0 Å². The zero-order chi connectivity index (χ0) is 13.2. The molecule has 0 saturated carbocycles. The maximum atomic E-state index is 12.0. The summed E-state index contributed by atoms with van der Waals surface area (Å²) in [6.45, 7) is 3.30. The maximum absolute atomic E-state index is 12.0. The van der Waals surface area contributed by atoms with E-state index >= 15 is 0 Å². The van der Waals surface area contributed by atoms with Gasteiger partial charge in [-0.05, 0) is 18.1 Å². The molecule has 4 nitrogen and oxygen atoms in total. The Morgan fingerprint density at radius 3 is 2.35 bits per heavy atom. The Kier molecular flexibility index (Phi) is 3.59. The van der Waals surface area contributed by atoms with Gasteiger partial charge < -0.3 is 4.74 Å². The van der Waals surface area contributed by atoms with Crippen LogP contribution in [0.15, 0.2) is 18.2 Å². The number of benzene rings is 1. The van der Waals surface area contributed by atoms with Gasteiger partial charge in [0.1, 0.15) is 5.75 Å². The molecule has 0 bridgehead atoms. The van der Waals surface area contributed by atoms with Crippen LogP contribution in [-0.2, 0) is 0 Å². The average Bonchev–Trinajstić information content (AvgIpc) is 2.14. The van der Waals surface area contributed by atoms with E-state index in [9.17, 15) is 23.3 Å². The molecule has 0 aliphatic carbocycles. The third kappa shape index (κ3) is 3.61. The smallest absolute Gasteiger partial charge is 0.406 e. The van der Waals surface area contributed by atoms with Crippen LogP contribution in [0.2, 0.25) is 0 Å². The summed E-state index contributed by atoms with van der Waals surface area (Å²) in [5.74, 6) is -0.723. The highest BCUT2D eigenvalue weighted by atomic mass is 19.4. The normalized spacial score (nSPS) is 11.6. The zero-order valence-corrected chi connectivity index (χ0v) is 9.12. The van der Waals surface area contributed by atoms with Gasteiger partial charge in [0, 0.05) is 11.6 Å². The van der Waals surface area contributed by atoms with E-state index in [-0.39, 0.29) is 17.2 Å². The van der Waals surface area contributed by atoms with Gasteiger partial charge in [0.15, 0.2) is 0 Å². The Bertz CT molecular complexity index is 429. The highest BCUT2D eigenvalue weighted by Gasteiger charge is 2.31. The number of hydrogen-bond donors (Lipinski definition) is 0. The molecule has 1 aromatic carbocycles. The second-order valence-corrected chi connectivity index (χ2v) is 3.68. The Hall–Kier alpha value is -1.79. The molecule has 94 valence electrons. The summed E-state index contributed by atoms with van der Waals surface area (Å²) >= 11 is 0. The van der Waals surface area contributed by atoms with E-state index in [2.05, 4.69) is 4.74 Å². The minimum atomic E-state index is -4.80. The summed E-state index contributed by atoms with van der Waals surface area (Å²) in [5.41, 5.74) is -0.00808. The molecule has 0 saturated heterocycles. The monoisotopic (exact) mass is 249 g/mol. The van der Waals surface area contributed by atoms with Gasteiger partial charge in [-0.3, -0.25) is 10.1 Å². The van der Waals surface area contributed by atoms with Crippen LogP contribution >= 0.6 is 0 Å². The van der Waals surface area contributed by atoms with E-state index in [1.54, 1.807) is 13.8 Å². The fourth-order valence-corrected chi connectivity index (χ4v) is 1.36. The predicted molar refractivity (Wildman–Crippen MR) is 53.9 cm³/mol. The molecule has 0 spiro atoms. The summed E-state index contributed by atoms with van der Waals surface area (Å²) in [4.78, 5) is 10.0. The van der Waals surface area contributed by atoms with Gasteiger partial charge in [-0.25, -0.2) is 0 Å². The number of ether oxygens (including phenoxy) is 1. The van der Waals surface area contributed by atoms with Crippen molar-refractivity contribution < 1.29 is 22.8 Å².